The second kappa shape index (κ2) is 6.52. The summed E-state index contributed by atoms with van der Waals surface area (Å²) in [5.74, 6) is 0.722. The lowest BCUT2D eigenvalue weighted by molar-refractivity contribution is 0.200. The van der Waals surface area contributed by atoms with Gasteiger partial charge in [0.25, 0.3) is 0 Å². The highest BCUT2D eigenvalue weighted by molar-refractivity contribution is 5.65. The molecule has 2 aromatic heterocycles. The van der Waals surface area contributed by atoms with E-state index >= 15 is 0 Å². The molecular formula is C18H19N5O2. The van der Waals surface area contributed by atoms with Crippen LogP contribution in [0.2, 0.25) is 0 Å². The summed E-state index contributed by atoms with van der Waals surface area (Å²) in [5, 5.41) is 24.7. The Bertz CT molecular complexity index is 864. The summed E-state index contributed by atoms with van der Waals surface area (Å²) >= 11 is 0. The first kappa shape index (κ1) is 15.6. The monoisotopic (exact) mass is 337 g/mol. The maximum atomic E-state index is 9.28. The molecule has 1 aliphatic carbocycles. The van der Waals surface area contributed by atoms with Gasteiger partial charge in [-0.2, -0.15) is 0 Å². The quantitative estimate of drug-likeness (QED) is 0.718. The molecule has 0 bridgehead atoms. The van der Waals surface area contributed by atoms with Crippen molar-refractivity contribution in [3.63, 3.8) is 0 Å². The van der Waals surface area contributed by atoms with Crippen LogP contribution in [0.15, 0.2) is 53.7 Å². The summed E-state index contributed by atoms with van der Waals surface area (Å²) in [6.45, 7) is 4.02. The Labute approximate surface area is 145 Å². The maximum absolute atomic E-state index is 9.28. The minimum Gasteiger partial charge on any atom is -0.390 e. The standard InChI is InChI=1S/C18H19N5O2/c1-12(17-9-18(25-21-17)13-5-3-2-4-6-13)20-14-7-15(8-14)23-16(11-24)10-19-22-23/h2-6,9-10,14-15,20,24H,1,7-8,11H2. The fourth-order valence-corrected chi connectivity index (χ4v) is 3.07. The molecule has 0 amide bonds. The molecule has 7 heteroatoms. The molecule has 1 fully saturated rings. The van der Waals surface area contributed by atoms with Crippen LogP contribution in [0.4, 0.5) is 0 Å². The van der Waals surface area contributed by atoms with E-state index in [2.05, 4.69) is 27.4 Å². The van der Waals surface area contributed by atoms with Crippen molar-refractivity contribution in [2.75, 3.05) is 0 Å². The molecule has 3 aromatic rings. The van der Waals surface area contributed by atoms with Crippen molar-refractivity contribution in [1.82, 2.24) is 25.5 Å². The Morgan fingerprint density at radius 3 is 2.88 bits per heavy atom. The highest BCUT2D eigenvalue weighted by Gasteiger charge is 2.33. The molecule has 1 aliphatic rings. The predicted molar refractivity (Wildman–Crippen MR) is 92.1 cm³/mol. The lowest BCUT2D eigenvalue weighted by atomic mass is 9.86. The minimum atomic E-state index is -0.0461. The van der Waals surface area contributed by atoms with E-state index in [1.165, 1.54) is 0 Å². The van der Waals surface area contributed by atoms with Crippen LogP contribution in [-0.4, -0.2) is 31.3 Å². The molecule has 0 radical (unpaired) electrons. The van der Waals surface area contributed by atoms with Gasteiger partial charge in [-0.05, 0) is 12.8 Å². The summed E-state index contributed by atoms with van der Waals surface area (Å²) in [7, 11) is 0. The van der Waals surface area contributed by atoms with Crippen molar-refractivity contribution >= 4 is 5.70 Å². The zero-order valence-electron chi connectivity index (χ0n) is 13.7. The van der Waals surface area contributed by atoms with E-state index in [1.54, 1.807) is 10.9 Å². The second-order valence-corrected chi connectivity index (χ2v) is 6.22. The first-order valence-corrected chi connectivity index (χ1v) is 8.22. The Kier molecular flexibility index (Phi) is 4.07. The number of nitrogens with one attached hydrogen (secondary N) is 1. The molecule has 7 nitrogen and oxygen atoms in total. The van der Waals surface area contributed by atoms with Crippen molar-refractivity contribution in [2.24, 2.45) is 0 Å². The lowest BCUT2D eigenvalue weighted by Gasteiger charge is -2.37. The van der Waals surface area contributed by atoms with E-state index in [0.717, 1.165) is 35.6 Å². The smallest absolute Gasteiger partial charge is 0.167 e. The van der Waals surface area contributed by atoms with Gasteiger partial charge >= 0.3 is 0 Å². The maximum Gasteiger partial charge on any atom is 0.167 e. The predicted octanol–water partition coefficient (Wildman–Crippen LogP) is 2.39. The van der Waals surface area contributed by atoms with E-state index in [4.69, 9.17) is 4.52 Å². The molecular weight excluding hydrogens is 318 g/mol. The summed E-state index contributed by atoms with van der Waals surface area (Å²) < 4.78 is 7.21. The third-order valence-electron chi connectivity index (χ3n) is 4.53. The van der Waals surface area contributed by atoms with E-state index in [1.807, 2.05) is 36.4 Å². The van der Waals surface area contributed by atoms with Crippen LogP contribution in [0.3, 0.4) is 0 Å². The van der Waals surface area contributed by atoms with Crippen LogP contribution < -0.4 is 5.32 Å². The van der Waals surface area contributed by atoms with Gasteiger partial charge in [0.2, 0.25) is 0 Å². The van der Waals surface area contributed by atoms with Crippen molar-refractivity contribution in [2.45, 2.75) is 31.5 Å². The van der Waals surface area contributed by atoms with Gasteiger partial charge < -0.3 is 14.9 Å². The summed E-state index contributed by atoms with van der Waals surface area (Å²) in [4.78, 5) is 0. The molecule has 1 saturated carbocycles. The Balaban J connectivity index is 1.35. The van der Waals surface area contributed by atoms with Crippen molar-refractivity contribution in [1.29, 1.82) is 0 Å². The van der Waals surface area contributed by atoms with Crippen LogP contribution in [-0.2, 0) is 6.61 Å². The van der Waals surface area contributed by atoms with Gasteiger partial charge in [-0.15, -0.1) is 5.10 Å². The van der Waals surface area contributed by atoms with Crippen LogP contribution in [0.1, 0.15) is 30.3 Å². The number of aliphatic hydroxyl groups is 1. The Hall–Kier alpha value is -2.93. The first-order chi connectivity index (χ1) is 12.2. The van der Waals surface area contributed by atoms with E-state index < -0.39 is 0 Å². The van der Waals surface area contributed by atoms with Crippen LogP contribution in [0.25, 0.3) is 17.0 Å². The van der Waals surface area contributed by atoms with Crippen LogP contribution in [0, 0.1) is 0 Å². The van der Waals surface area contributed by atoms with E-state index in [-0.39, 0.29) is 12.6 Å². The fraction of sp³-hybridized carbons (Fsp3) is 0.278. The average molecular weight is 337 g/mol. The van der Waals surface area contributed by atoms with Crippen LogP contribution >= 0.6 is 0 Å². The molecule has 1 aromatic carbocycles. The van der Waals surface area contributed by atoms with Gasteiger partial charge in [0.15, 0.2) is 5.76 Å². The minimum absolute atomic E-state index is 0.0461. The zero-order chi connectivity index (χ0) is 17.2. The zero-order valence-corrected chi connectivity index (χ0v) is 13.7. The van der Waals surface area contributed by atoms with Gasteiger partial charge in [-0.3, -0.25) is 0 Å². The van der Waals surface area contributed by atoms with Gasteiger partial charge in [0.1, 0.15) is 5.69 Å². The average Bonchev–Trinajstić information content (AvgIpc) is 3.27. The molecule has 2 heterocycles. The molecule has 4 rings (SSSR count). The summed E-state index contributed by atoms with van der Waals surface area (Å²) in [6.07, 6.45) is 3.40. The third kappa shape index (κ3) is 3.06. The van der Waals surface area contributed by atoms with Gasteiger partial charge in [0, 0.05) is 17.7 Å². The van der Waals surface area contributed by atoms with Gasteiger partial charge in [-0.1, -0.05) is 47.3 Å². The number of benzene rings is 1. The fourth-order valence-electron chi connectivity index (χ4n) is 3.07. The van der Waals surface area contributed by atoms with Crippen molar-refractivity contribution in [3.05, 3.63) is 60.6 Å². The topological polar surface area (TPSA) is 89.0 Å². The Morgan fingerprint density at radius 2 is 2.12 bits per heavy atom. The van der Waals surface area contributed by atoms with Gasteiger partial charge in [-0.25, -0.2) is 4.68 Å². The molecule has 0 spiro atoms. The second-order valence-electron chi connectivity index (χ2n) is 6.22. The van der Waals surface area contributed by atoms with Crippen molar-refractivity contribution < 1.29 is 9.63 Å². The number of rotatable bonds is 6. The molecule has 2 N–H and O–H groups in total. The third-order valence-corrected chi connectivity index (χ3v) is 4.53. The van der Waals surface area contributed by atoms with Crippen molar-refractivity contribution in [3.8, 4) is 11.3 Å². The lowest BCUT2D eigenvalue weighted by Crippen LogP contribution is -2.42. The number of hydrogen-bond acceptors (Lipinski definition) is 6. The number of hydrogen-bond donors (Lipinski definition) is 2. The molecule has 0 aliphatic heterocycles. The number of aliphatic hydroxyl groups excluding tert-OH is 1. The summed E-state index contributed by atoms with van der Waals surface area (Å²) in [5.41, 5.74) is 3.18. The normalized spacial score (nSPS) is 19.4. The molecule has 128 valence electrons. The largest absolute Gasteiger partial charge is 0.390 e. The molecule has 25 heavy (non-hydrogen) atoms. The SMILES string of the molecule is C=C(NC1CC(n2nncc2CO)C1)c1cc(-c2ccccc2)on1. The number of nitrogens with zero attached hydrogens (tertiary/aromatic N) is 4. The Morgan fingerprint density at radius 1 is 1.32 bits per heavy atom. The van der Waals surface area contributed by atoms with Crippen LogP contribution in [0.5, 0.6) is 0 Å². The number of aromatic nitrogens is 4. The first-order valence-electron chi connectivity index (χ1n) is 8.22. The van der Waals surface area contributed by atoms with E-state index in [9.17, 15) is 5.11 Å². The summed E-state index contributed by atoms with van der Waals surface area (Å²) in [6, 6.07) is 12.3. The molecule has 0 atom stereocenters. The highest BCUT2D eigenvalue weighted by atomic mass is 16.5. The molecule has 0 unspecified atom stereocenters. The van der Waals surface area contributed by atoms with Gasteiger partial charge in [0.05, 0.1) is 30.2 Å². The highest BCUT2D eigenvalue weighted by Crippen LogP contribution is 2.33. The van der Waals surface area contributed by atoms with E-state index in [0.29, 0.717) is 11.7 Å². The molecule has 0 saturated heterocycles.